The van der Waals surface area contributed by atoms with Crippen LogP contribution in [-0.4, -0.2) is 65.7 Å². The number of phosphoric ester groups is 1. The van der Waals surface area contributed by atoms with Crippen molar-refractivity contribution in [2.75, 3.05) is 26.4 Å². The van der Waals surface area contributed by atoms with E-state index in [1.807, 2.05) is 0 Å². The summed E-state index contributed by atoms with van der Waals surface area (Å²) in [4.78, 5) is 34.5. The zero-order chi connectivity index (χ0) is 39.1. The van der Waals surface area contributed by atoms with Crippen LogP contribution in [0.4, 0.5) is 0 Å². The summed E-state index contributed by atoms with van der Waals surface area (Å²) < 4.78 is 32.6. The van der Waals surface area contributed by atoms with Crippen LogP contribution in [-0.2, 0) is 32.7 Å². The van der Waals surface area contributed by atoms with Crippen LogP contribution in [0.2, 0.25) is 0 Å². The van der Waals surface area contributed by atoms with Crippen LogP contribution in [0.15, 0.2) is 0 Å². The minimum Gasteiger partial charge on any atom is -0.457 e. The smallest absolute Gasteiger partial charge is 0.457 e. The van der Waals surface area contributed by atoms with Crippen LogP contribution in [0.3, 0.4) is 0 Å². The molecule has 0 aromatic carbocycles. The molecule has 3 unspecified atom stereocenters. The molecule has 11 heteroatoms. The highest BCUT2D eigenvalue weighted by Gasteiger charge is 2.27. The summed E-state index contributed by atoms with van der Waals surface area (Å²) in [6, 6.07) is 0. The minimum atomic E-state index is -4.63. The fourth-order valence-electron chi connectivity index (χ4n) is 6.41. The van der Waals surface area contributed by atoms with Crippen LogP contribution < -0.4 is 0 Å². The number of hydrogen-bond acceptors (Lipinski definition) is 9. The lowest BCUT2D eigenvalue weighted by Crippen LogP contribution is -2.28. The molecule has 0 aliphatic rings. The number of unbranched alkanes of at least 4 members (excludes halogenated alkanes) is 28. The fourth-order valence-corrected chi connectivity index (χ4v) is 7.19. The van der Waals surface area contributed by atoms with Gasteiger partial charge in [-0.25, -0.2) is 4.57 Å². The third-order valence-corrected chi connectivity index (χ3v) is 10.8. The van der Waals surface area contributed by atoms with Crippen molar-refractivity contribution in [1.29, 1.82) is 0 Å². The van der Waals surface area contributed by atoms with Gasteiger partial charge in [0.15, 0.2) is 0 Å². The lowest BCUT2D eigenvalue weighted by atomic mass is 10.0. The Morgan fingerprint density at radius 3 is 0.887 bits per heavy atom. The van der Waals surface area contributed by atoms with Gasteiger partial charge in [0.2, 0.25) is 0 Å². The molecule has 0 radical (unpaired) electrons. The Morgan fingerprint density at radius 1 is 0.434 bits per heavy atom. The van der Waals surface area contributed by atoms with Crippen molar-refractivity contribution in [1.82, 2.24) is 0 Å². The minimum absolute atomic E-state index is 0.199. The number of carbonyl (C=O) groups excluding carboxylic acids is 2. The molecule has 0 rings (SSSR count). The summed E-state index contributed by atoms with van der Waals surface area (Å²) in [6.07, 6.45) is 35.0. The average Bonchev–Trinajstić information content (AvgIpc) is 3.14. The largest absolute Gasteiger partial charge is 0.472 e. The predicted octanol–water partition coefficient (Wildman–Crippen LogP) is 11.5. The summed E-state index contributed by atoms with van der Waals surface area (Å²) in [5.74, 6) is -1.01. The van der Waals surface area contributed by atoms with Crippen LogP contribution >= 0.6 is 7.82 Å². The van der Waals surface area contributed by atoms with E-state index in [-0.39, 0.29) is 12.8 Å². The molecule has 3 atom stereocenters. The molecule has 0 aliphatic heterocycles. The Balaban J connectivity index is 3.87. The molecule has 0 saturated heterocycles. The highest BCUT2D eigenvalue weighted by Crippen LogP contribution is 2.43. The first-order valence-corrected chi connectivity index (χ1v) is 23.5. The molecular formula is C42H83O10P. The Morgan fingerprint density at radius 2 is 0.660 bits per heavy atom. The number of aliphatic hydroxyl groups is 2. The van der Waals surface area contributed by atoms with Crippen LogP contribution in [0.25, 0.3) is 0 Å². The number of ether oxygens (including phenoxy) is 2. The normalized spacial score (nSPS) is 13.8. The number of hydrogen-bond donors (Lipinski definition) is 3. The van der Waals surface area contributed by atoms with E-state index in [1.54, 1.807) is 0 Å². The number of phosphoric acid groups is 1. The molecular weight excluding hydrogens is 695 g/mol. The van der Waals surface area contributed by atoms with Gasteiger partial charge in [0.05, 0.1) is 26.4 Å². The second-order valence-corrected chi connectivity index (χ2v) is 16.5. The van der Waals surface area contributed by atoms with Crippen molar-refractivity contribution < 1.29 is 47.8 Å². The number of carbonyl (C=O) groups is 2. The summed E-state index contributed by atoms with van der Waals surface area (Å²) in [5, 5.41) is 19.1. The monoisotopic (exact) mass is 779 g/mol. The highest BCUT2D eigenvalue weighted by molar-refractivity contribution is 7.47. The third kappa shape index (κ3) is 37.7. The van der Waals surface area contributed by atoms with E-state index < -0.39 is 58.4 Å². The Hall–Kier alpha value is -1.03. The second-order valence-electron chi connectivity index (χ2n) is 15.0. The van der Waals surface area contributed by atoms with E-state index in [0.29, 0.717) is 12.8 Å². The van der Waals surface area contributed by atoms with Gasteiger partial charge in [0, 0.05) is 12.8 Å². The molecule has 0 aromatic heterocycles. The van der Waals surface area contributed by atoms with Gasteiger partial charge in [0.25, 0.3) is 0 Å². The zero-order valence-electron chi connectivity index (χ0n) is 34.3. The molecule has 53 heavy (non-hydrogen) atoms. The van der Waals surface area contributed by atoms with Crippen LogP contribution in [0, 0.1) is 0 Å². The lowest BCUT2D eigenvalue weighted by molar-refractivity contribution is -0.153. The SMILES string of the molecule is CCCCCCCCCCCCCCCCCCCC(=O)OC(CO)COP(=O)(O)OCC(CO)OC(=O)CCCCCCCCCCCCCCC. The topological polar surface area (TPSA) is 149 Å². The number of aliphatic hydroxyl groups excluding tert-OH is 2. The van der Waals surface area contributed by atoms with Crippen molar-refractivity contribution in [2.45, 2.75) is 232 Å². The maximum absolute atomic E-state index is 12.3. The molecule has 0 spiro atoms. The highest BCUT2D eigenvalue weighted by atomic mass is 31.2. The fraction of sp³-hybridized carbons (Fsp3) is 0.952. The van der Waals surface area contributed by atoms with E-state index in [9.17, 15) is 29.3 Å². The Kier molecular flexibility index (Phi) is 38.5. The van der Waals surface area contributed by atoms with Crippen molar-refractivity contribution in [3.8, 4) is 0 Å². The van der Waals surface area contributed by atoms with Crippen molar-refractivity contribution in [2.24, 2.45) is 0 Å². The summed E-state index contributed by atoms with van der Waals surface area (Å²) in [7, 11) is -4.63. The number of esters is 2. The van der Waals surface area contributed by atoms with Gasteiger partial charge >= 0.3 is 19.8 Å². The quantitative estimate of drug-likeness (QED) is 0.0310. The van der Waals surface area contributed by atoms with E-state index in [2.05, 4.69) is 13.8 Å². The van der Waals surface area contributed by atoms with E-state index >= 15 is 0 Å². The summed E-state index contributed by atoms with van der Waals surface area (Å²) in [5.41, 5.74) is 0. The molecule has 0 bridgehead atoms. The first-order chi connectivity index (χ1) is 25.8. The van der Waals surface area contributed by atoms with Crippen LogP contribution in [0.1, 0.15) is 219 Å². The third-order valence-electron chi connectivity index (χ3n) is 9.82. The van der Waals surface area contributed by atoms with E-state index in [4.69, 9.17) is 18.5 Å². The van der Waals surface area contributed by atoms with Gasteiger partial charge in [-0.2, -0.15) is 0 Å². The maximum Gasteiger partial charge on any atom is 0.472 e. The lowest BCUT2D eigenvalue weighted by Gasteiger charge is -2.20. The van der Waals surface area contributed by atoms with Crippen LogP contribution in [0.5, 0.6) is 0 Å². The van der Waals surface area contributed by atoms with Gasteiger partial charge in [-0.05, 0) is 12.8 Å². The molecule has 0 saturated carbocycles. The van der Waals surface area contributed by atoms with Crippen molar-refractivity contribution >= 4 is 19.8 Å². The van der Waals surface area contributed by atoms with Crippen molar-refractivity contribution in [3.63, 3.8) is 0 Å². The molecule has 0 amide bonds. The Labute approximate surface area is 324 Å². The Bertz CT molecular complexity index is 858. The summed E-state index contributed by atoms with van der Waals surface area (Å²) in [6.45, 7) is 2.24. The number of rotatable bonds is 42. The van der Waals surface area contributed by atoms with Gasteiger partial charge in [-0.1, -0.05) is 194 Å². The maximum atomic E-state index is 12.3. The molecule has 0 aliphatic carbocycles. The molecule has 0 heterocycles. The van der Waals surface area contributed by atoms with Crippen molar-refractivity contribution in [3.05, 3.63) is 0 Å². The first kappa shape index (κ1) is 52.0. The van der Waals surface area contributed by atoms with E-state index in [1.165, 1.54) is 141 Å². The predicted molar refractivity (Wildman–Crippen MR) is 215 cm³/mol. The standard InChI is InChI=1S/C42H83O10P/c1-3-5-7-9-11-13-15-17-18-19-20-22-24-26-28-30-32-34-42(46)52-40(36-44)38-50-53(47,48)49-37-39(35-43)51-41(45)33-31-29-27-25-23-21-16-14-12-10-8-6-4-2/h39-40,43-44H,3-38H2,1-2H3,(H,47,48). The zero-order valence-corrected chi connectivity index (χ0v) is 35.2. The first-order valence-electron chi connectivity index (χ1n) is 22.0. The molecule has 316 valence electrons. The molecule has 0 aromatic rings. The van der Waals surface area contributed by atoms with Gasteiger partial charge in [-0.3, -0.25) is 18.6 Å². The molecule has 0 fully saturated rings. The molecule has 10 nitrogen and oxygen atoms in total. The van der Waals surface area contributed by atoms with Gasteiger partial charge in [-0.15, -0.1) is 0 Å². The van der Waals surface area contributed by atoms with E-state index in [0.717, 1.165) is 38.5 Å². The molecule has 3 N–H and O–H groups in total. The summed E-state index contributed by atoms with van der Waals surface area (Å²) >= 11 is 0. The van der Waals surface area contributed by atoms with Gasteiger partial charge in [0.1, 0.15) is 12.2 Å². The van der Waals surface area contributed by atoms with Gasteiger partial charge < -0.3 is 24.6 Å². The average molecular weight is 779 g/mol. The second kappa shape index (κ2) is 39.2.